The summed E-state index contributed by atoms with van der Waals surface area (Å²) in [6, 6.07) is 0. The average molecular weight is 461 g/mol. The van der Waals surface area contributed by atoms with E-state index in [1.807, 2.05) is 0 Å². The maximum absolute atomic E-state index is 15.5. The van der Waals surface area contributed by atoms with Gasteiger partial charge in [0.2, 0.25) is 5.95 Å². The third kappa shape index (κ3) is 4.27. The Kier molecular flexibility index (Phi) is 6.20. The lowest BCUT2D eigenvalue weighted by Gasteiger charge is -2.37. The van der Waals surface area contributed by atoms with Crippen LogP contribution in [0.4, 0.5) is 25.1 Å². The molecule has 3 aliphatic rings. The smallest absolute Gasteiger partial charge is 0.409 e. The van der Waals surface area contributed by atoms with E-state index in [1.54, 1.807) is 6.92 Å². The van der Waals surface area contributed by atoms with Crippen molar-refractivity contribution in [1.82, 2.24) is 9.88 Å². The molecule has 1 aromatic rings. The topological polar surface area (TPSA) is 92.3 Å². The minimum absolute atomic E-state index is 0.0603. The van der Waals surface area contributed by atoms with Gasteiger partial charge in [-0.15, -0.1) is 0 Å². The number of carbonyl (C=O) groups excluding carboxylic acids is 1. The van der Waals surface area contributed by atoms with Crippen molar-refractivity contribution >= 4 is 27.4 Å². The SMILES string of the molecule is CCOC(=O)N1CCN(c2nc(F)c3c(c2F)S(=O)(=O)CCN3C[C@@H]2CCCO2)CC1. The molecule has 4 heterocycles. The Morgan fingerprint density at radius 3 is 2.61 bits per heavy atom. The summed E-state index contributed by atoms with van der Waals surface area (Å²) >= 11 is 0. The molecule has 1 aromatic heterocycles. The number of pyridine rings is 1. The Bertz CT molecular complexity index is 947. The zero-order valence-corrected chi connectivity index (χ0v) is 18.2. The molecule has 0 aromatic carbocycles. The molecule has 0 radical (unpaired) electrons. The third-order valence-corrected chi connectivity index (χ3v) is 7.54. The van der Waals surface area contributed by atoms with Gasteiger partial charge in [0.25, 0.3) is 0 Å². The molecule has 1 amide bonds. The van der Waals surface area contributed by atoms with Crippen molar-refractivity contribution in [3.05, 3.63) is 11.8 Å². The molecule has 0 bridgehead atoms. The number of amides is 1. The van der Waals surface area contributed by atoms with Gasteiger partial charge in [-0.05, 0) is 19.8 Å². The van der Waals surface area contributed by atoms with E-state index in [0.29, 0.717) is 6.61 Å². The number of carbonyl (C=O) groups is 1. The van der Waals surface area contributed by atoms with Crippen LogP contribution in [0.25, 0.3) is 0 Å². The number of anilines is 2. The normalized spacial score (nSPS) is 23.1. The summed E-state index contributed by atoms with van der Waals surface area (Å²) in [5, 5.41) is 0. The molecule has 12 heteroatoms. The molecule has 1 atom stereocenters. The molecule has 4 rings (SSSR count). The number of piperazine rings is 1. The van der Waals surface area contributed by atoms with E-state index in [4.69, 9.17) is 9.47 Å². The molecule has 2 fully saturated rings. The van der Waals surface area contributed by atoms with Crippen LogP contribution >= 0.6 is 0 Å². The monoisotopic (exact) mass is 460 g/mol. The predicted molar refractivity (Wildman–Crippen MR) is 108 cm³/mol. The van der Waals surface area contributed by atoms with Crippen molar-refractivity contribution in [2.45, 2.75) is 30.8 Å². The molecule has 31 heavy (non-hydrogen) atoms. The zero-order chi connectivity index (χ0) is 22.2. The van der Waals surface area contributed by atoms with Crippen LogP contribution in [0.1, 0.15) is 19.8 Å². The van der Waals surface area contributed by atoms with Crippen LogP contribution in [0.3, 0.4) is 0 Å². The van der Waals surface area contributed by atoms with Crippen LogP contribution < -0.4 is 9.80 Å². The van der Waals surface area contributed by atoms with E-state index in [1.165, 1.54) is 14.7 Å². The number of sulfone groups is 1. The molecule has 2 saturated heterocycles. The van der Waals surface area contributed by atoms with Crippen LogP contribution in [0, 0.1) is 11.8 Å². The van der Waals surface area contributed by atoms with Crippen LogP contribution in [0.5, 0.6) is 0 Å². The van der Waals surface area contributed by atoms with Gasteiger partial charge in [0.05, 0.1) is 18.5 Å². The Balaban J connectivity index is 1.62. The van der Waals surface area contributed by atoms with Crippen molar-refractivity contribution in [3.8, 4) is 0 Å². The minimum Gasteiger partial charge on any atom is -0.450 e. The maximum atomic E-state index is 15.5. The highest BCUT2D eigenvalue weighted by Crippen LogP contribution is 2.38. The van der Waals surface area contributed by atoms with Gasteiger partial charge >= 0.3 is 6.09 Å². The number of rotatable bonds is 4. The fourth-order valence-corrected chi connectivity index (χ4v) is 5.78. The number of hydrogen-bond donors (Lipinski definition) is 0. The van der Waals surface area contributed by atoms with Crippen LogP contribution in [-0.4, -0.2) is 88.7 Å². The summed E-state index contributed by atoms with van der Waals surface area (Å²) in [7, 11) is -4.00. The number of hydrogen-bond acceptors (Lipinski definition) is 8. The summed E-state index contributed by atoms with van der Waals surface area (Å²) < 4.78 is 66.5. The molecule has 9 nitrogen and oxygen atoms in total. The molecule has 0 saturated carbocycles. The first-order chi connectivity index (χ1) is 14.8. The van der Waals surface area contributed by atoms with E-state index in [0.717, 1.165) is 12.8 Å². The average Bonchev–Trinajstić information content (AvgIpc) is 3.25. The fourth-order valence-electron chi connectivity index (χ4n) is 4.24. The van der Waals surface area contributed by atoms with Crippen molar-refractivity contribution in [2.24, 2.45) is 0 Å². The van der Waals surface area contributed by atoms with E-state index < -0.39 is 32.6 Å². The molecular weight excluding hydrogens is 434 g/mol. The summed E-state index contributed by atoms with van der Waals surface area (Å²) in [6.45, 7) is 3.73. The van der Waals surface area contributed by atoms with Gasteiger partial charge in [0.15, 0.2) is 21.5 Å². The van der Waals surface area contributed by atoms with Crippen molar-refractivity contribution in [1.29, 1.82) is 0 Å². The largest absolute Gasteiger partial charge is 0.450 e. The molecule has 0 aliphatic carbocycles. The Morgan fingerprint density at radius 1 is 1.23 bits per heavy atom. The summed E-state index contributed by atoms with van der Waals surface area (Å²) in [4.78, 5) is 19.5. The van der Waals surface area contributed by atoms with Crippen LogP contribution in [-0.2, 0) is 19.3 Å². The van der Waals surface area contributed by atoms with Gasteiger partial charge in [-0.3, -0.25) is 0 Å². The van der Waals surface area contributed by atoms with E-state index >= 15 is 8.78 Å². The summed E-state index contributed by atoms with van der Waals surface area (Å²) in [5.41, 5.74) is -0.312. The highest BCUT2D eigenvalue weighted by molar-refractivity contribution is 7.91. The first kappa shape index (κ1) is 22.0. The standard InChI is InChI=1S/C19H26F2N4O5S/c1-2-29-19(26)24-7-5-23(6-8-24)18-14(20)16-15(17(21)22-18)25(9-11-31(16,27)28)12-13-4-3-10-30-13/h13H,2-12H2,1H3/t13-/m0/s1. The quantitative estimate of drug-likeness (QED) is 0.623. The summed E-state index contributed by atoms with van der Waals surface area (Å²) in [6.07, 6.45) is 1.06. The van der Waals surface area contributed by atoms with Gasteiger partial charge < -0.3 is 24.2 Å². The number of aromatic nitrogens is 1. The Hall–Kier alpha value is -2.21. The highest BCUT2D eigenvalue weighted by atomic mass is 32.2. The second-order valence-electron chi connectivity index (χ2n) is 7.79. The van der Waals surface area contributed by atoms with E-state index in [9.17, 15) is 13.2 Å². The molecule has 3 aliphatic heterocycles. The minimum atomic E-state index is -4.00. The molecular formula is C19H26F2N4O5S. The first-order valence-corrected chi connectivity index (χ1v) is 12.1. The van der Waals surface area contributed by atoms with Gasteiger partial charge in [-0.25, -0.2) is 17.6 Å². The Labute approximate surface area is 179 Å². The lowest BCUT2D eigenvalue weighted by atomic mass is 10.2. The zero-order valence-electron chi connectivity index (χ0n) is 17.3. The molecule has 0 spiro atoms. The third-order valence-electron chi connectivity index (χ3n) is 5.82. The maximum Gasteiger partial charge on any atom is 0.409 e. The van der Waals surface area contributed by atoms with Crippen LogP contribution in [0.15, 0.2) is 4.90 Å². The molecule has 172 valence electrons. The second-order valence-corrected chi connectivity index (χ2v) is 9.84. The first-order valence-electron chi connectivity index (χ1n) is 10.5. The van der Waals surface area contributed by atoms with Gasteiger partial charge in [0, 0.05) is 45.9 Å². The van der Waals surface area contributed by atoms with Crippen molar-refractivity contribution in [3.63, 3.8) is 0 Å². The highest BCUT2D eigenvalue weighted by Gasteiger charge is 2.39. The van der Waals surface area contributed by atoms with Crippen molar-refractivity contribution < 1.29 is 31.5 Å². The fraction of sp³-hybridized carbons (Fsp3) is 0.684. The molecule has 0 unspecified atom stereocenters. The lowest BCUT2D eigenvalue weighted by Crippen LogP contribution is -2.49. The van der Waals surface area contributed by atoms with E-state index in [-0.39, 0.29) is 69.2 Å². The number of fused-ring (bicyclic) bond motifs is 1. The van der Waals surface area contributed by atoms with Crippen LogP contribution in [0.2, 0.25) is 0 Å². The Morgan fingerprint density at radius 2 is 1.97 bits per heavy atom. The number of ether oxygens (including phenoxy) is 2. The van der Waals surface area contributed by atoms with E-state index in [2.05, 4.69) is 4.98 Å². The van der Waals surface area contributed by atoms with Gasteiger partial charge in [-0.1, -0.05) is 0 Å². The second kappa shape index (κ2) is 8.73. The van der Waals surface area contributed by atoms with Crippen molar-refractivity contribution in [2.75, 3.05) is 68.0 Å². The molecule has 0 N–H and O–H groups in total. The number of halogens is 2. The number of nitrogens with zero attached hydrogens (tertiary/aromatic N) is 4. The predicted octanol–water partition coefficient (Wildman–Crippen LogP) is 1.41. The summed E-state index contributed by atoms with van der Waals surface area (Å²) in [5.74, 6) is -2.70. The lowest BCUT2D eigenvalue weighted by molar-refractivity contribution is 0.105. The van der Waals surface area contributed by atoms with Gasteiger partial charge in [0.1, 0.15) is 10.6 Å². The van der Waals surface area contributed by atoms with Gasteiger partial charge in [-0.2, -0.15) is 9.37 Å².